The molecular formula is C19H27N3O3S. The zero-order valence-corrected chi connectivity index (χ0v) is 15.8. The fourth-order valence-electron chi connectivity index (χ4n) is 3.38. The van der Waals surface area contributed by atoms with Crippen molar-refractivity contribution in [3.8, 4) is 0 Å². The Hall–Kier alpha value is -1.57. The second-order valence-corrected chi connectivity index (χ2v) is 7.85. The van der Waals surface area contributed by atoms with Gasteiger partial charge in [0.15, 0.2) is 0 Å². The second-order valence-electron chi connectivity index (χ2n) is 6.68. The van der Waals surface area contributed by atoms with Crippen molar-refractivity contribution in [3.63, 3.8) is 0 Å². The van der Waals surface area contributed by atoms with E-state index >= 15 is 0 Å². The first kappa shape index (κ1) is 19.2. The number of thioether (sulfide) groups is 1. The number of ether oxygens (including phenoxy) is 1. The van der Waals surface area contributed by atoms with Gasteiger partial charge in [-0.05, 0) is 18.6 Å². The van der Waals surface area contributed by atoms with Gasteiger partial charge in [-0.3, -0.25) is 9.59 Å². The van der Waals surface area contributed by atoms with E-state index in [4.69, 9.17) is 4.74 Å². The Bertz CT molecular complexity index is 593. The largest absolute Gasteiger partial charge is 0.378 e. The molecule has 2 heterocycles. The molecule has 2 atom stereocenters. The van der Waals surface area contributed by atoms with Crippen molar-refractivity contribution < 1.29 is 14.3 Å². The van der Waals surface area contributed by atoms with E-state index in [0.717, 1.165) is 5.75 Å². The maximum atomic E-state index is 12.6. The van der Waals surface area contributed by atoms with Crippen LogP contribution in [-0.4, -0.2) is 68.4 Å². The average molecular weight is 378 g/mol. The molecule has 2 aliphatic heterocycles. The van der Waals surface area contributed by atoms with Crippen LogP contribution < -0.4 is 10.6 Å². The van der Waals surface area contributed by atoms with Crippen LogP contribution in [0.2, 0.25) is 0 Å². The topological polar surface area (TPSA) is 70.7 Å². The maximum Gasteiger partial charge on any atom is 0.227 e. The summed E-state index contributed by atoms with van der Waals surface area (Å²) < 4.78 is 5.31. The van der Waals surface area contributed by atoms with Crippen LogP contribution in [-0.2, 0) is 14.3 Å². The van der Waals surface area contributed by atoms with Gasteiger partial charge in [-0.25, -0.2) is 0 Å². The summed E-state index contributed by atoms with van der Waals surface area (Å²) in [5, 5.41) is 6.27. The zero-order valence-electron chi connectivity index (χ0n) is 15.0. The molecule has 1 aromatic carbocycles. The smallest absolute Gasteiger partial charge is 0.227 e. The predicted molar refractivity (Wildman–Crippen MR) is 102 cm³/mol. The van der Waals surface area contributed by atoms with Gasteiger partial charge >= 0.3 is 0 Å². The first-order chi connectivity index (χ1) is 12.7. The SMILES string of the molecule is O=C(NCCSc1ccccc1)[C@@H]1CNC[C@@H](C(=O)N2CCOCC2)C1. The molecule has 1 aromatic rings. The summed E-state index contributed by atoms with van der Waals surface area (Å²) in [5.41, 5.74) is 0. The first-order valence-electron chi connectivity index (χ1n) is 9.27. The third kappa shape index (κ3) is 5.46. The lowest BCUT2D eigenvalue weighted by atomic mass is 9.88. The van der Waals surface area contributed by atoms with Gasteiger partial charge in [0.25, 0.3) is 0 Å². The Morgan fingerprint density at radius 2 is 1.88 bits per heavy atom. The lowest BCUT2D eigenvalue weighted by Gasteiger charge is -2.34. The molecule has 2 N–H and O–H groups in total. The molecule has 7 heteroatoms. The zero-order chi connectivity index (χ0) is 18.2. The number of rotatable bonds is 6. The predicted octanol–water partition coefficient (Wildman–Crippen LogP) is 0.979. The summed E-state index contributed by atoms with van der Waals surface area (Å²) in [6, 6.07) is 10.2. The van der Waals surface area contributed by atoms with E-state index in [1.165, 1.54) is 4.90 Å². The number of morpholine rings is 1. The van der Waals surface area contributed by atoms with Gasteiger partial charge in [0, 0.05) is 43.4 Å². The molecule has 0 aromatic heterocycles. The van der Waals surface area contributed by atoms with Crippen molar-refractivity contribution in [1.82, 2.24) is 15.5 Å². The van der Waals surface area contributed by atoms with Crippen LogP contribution in [0, 0.1) is 11.8 Å². The summed E-state index contributed by atoms with van der Waals surface area (Å²) >= 11 is 1.73. The molecular weight excluding hydrogens is 350 g/mol. The Labute approximate surface area is 159 Å². The van der Waals surface area contributed by atoms with E-state index in [0.29, 0.717) is 52.4 Å². The number of carbonyl (C=O) groups excluding carboxylic acids is 2. The van der Waals surface area contributed by atoms with Crippen molar-refractivity contribution in [2.24, 2.45) is 11.8 Å². The maximum absolute atomic E-state index is 12.6. The number of piperidine rings is 1. The highest BCUT2D eigenvalue weighted by atomic mass is 32.2. The van der Waals surface area contributed by atoms with Gasteiger partial charge in [0.1, 0.15) is 0 Å². The molecule has 0 radical (unpaired) electrons. The van der Waals surface area contributed by atoms with Crippen molar-refractivity contribution in [3.05, 3.63) is 30.3 Å². The minimum Gasteiger partial charge on any atom is -0.378 e. The number of nitrogens with zero attached hydrogens (tertiary/aromatic N) is 1. The normalized spacial score (nSPS) is 23.5. The average Bonchev–Trinajstić information content (AvgIpc) is 2.72. The highest BCUT2D eigenvalue weighted by Gasteiger charge is 2.33. The fourth-order valence-corrected chi connectivity index (χ4v) is 4.17. The Kier molecular flexibility index (Phi) is 7.34. The van der Waals surface area contributed by atoms with Gasteiger partial charge in [-0.1, -0.05) is 18.2 Å². The van der Waals surface area contributed by atoms with Gasteiger partial charge < -0.3 is 20.3 Å². The van der Waals surface area contributed by atoms with Crippen LogP contribution in [0.1, 0.15) is 6.42 Å². The summed E-state index contributed by atoms with van der Waals surface area (Å²) in [6.07, 6.45) is 0.626. The molecule has 2 amide bonds. The van der Waals surface area contributed by atoms with Crippen LogP contribution in [0.25, 0.3) is 0 Å². The van der Waals surface area contributed by atoms with E-state index in [1.807, 2.05) is 23.1 Å². The lowest BCUT2D eigenvalue weighted by Crippen LogP contribution is -2.51. The van der Waals surface area contributed by atoms with Crippen molar-refractivity contribution in [2.75, 3.05) is 51.7 Å². The summed E-state index contributed by atoms with van der Waals surface area (Å²) in [4.78, 5) is 28.2. The minimum absolute atomic E-state index is 0.0469. The van der Waals surface area contributed by atoms with Gasteiger partial charge in [0.05, 0.1) is 25.0 Å². The van der Waals surface area contributed by atoms with Crippen molar-refractivity contribution >= 4 is 23.6 Å². The van der Waals surface area contributed by atoms with Gasteiger partial charge in [0.2, 0.25) is 11.8 Å². The van der Waals surface area contributed by atoms with Crippen molar-refractivity contribution in [2.45, 2.75) is 11.3 Å². The number of carbonyl (C=O) groups is 2. The minimum atomic E-state index is -0.138. The lowest BCUT2D eigenvalue weighted by molar-refractivity contribution is -0.141. The number of hydrogen-bond acceptors (Lipinski definition) is 5. The molecule has 142 valence electrons. The van der Waals surface area contributed by atoms with Crippen LogP contribution >= 0.6 is 11.8 Å². The molecule has 2 fully saturated rings. The molecule has 6 nitrogen and oxygen atoms in total. The quantitative estimate of drug-likeness (QED) is 0.571. The van der Waals surface area contributed by atoms with E-state index in [2.05, 4.69) is 22.8 Å². The highest BCUT2D eigenvalue weighted by Crippen LogP contribution is 2.20. The molecule has 0 aliphatic carbocycles. The molecule has 0 unspecified atom stereocenters. The van der Waals surface area contributed by atoms with Crippen LogP contribution in [0.5, 0.6) is 0 Å². The number of nitrogens with one attached hydrogen (secondary N) is 2. The number of benzene rings is 1. The summed E-state index contributed by atoms with van der Waals surface area (Å²) in [6.45, 7) is 4.46. The molecule has 0 saturated carbocycles. The summed E-state index contributed by atoms with van der Waals surface area (Å²) in [5.74, 6) is 0.784. The standard InChI is InChI=1S/C19H27N3O3S/c23-18(21-6-11-26-17-4-2-1-3-5-17)15-12-16(14-20-13-15)19(24)22-7-9-25-10-8-22/h1-5,15-16,20H,6-14H2,(H,21,23)/t15-,16-/m0/s1. The Morgan fingerprint density at radius 1 is 1.15 bits per heavy atom. The number of hydrogen-bond donors (Lipinski definition) is 2. The molecule has 0 bridgehead atoms. The monoisotopic (exact) mass is 377 g/mol. The fraction of sp³-hybridized carbons (Fsp3) is 0.579. The van der Waals surface area contributed by atoms with Crippen molar-refractivity contribution in [1.29, 1.82) is 0 Å². The molecule has 2 saturated heterocycles. The van der Waals surface area contributed by atoms with Crippen LogP contribution in [0.3, 0.4) is 0 Å². The number of amides is 2. The van der Waals surface area contributed by atoms with E-state index in [9.17, 15) is 9.59 Å². The highest BCUT2D eigenvalue weighted by molar-refractivity contribution is 7.99. The van der Waals surface area contributed by atoms with Gasteiger partial charge in [-0.15, -0.1) is 11.8 Å². The molecule has 2 aliphatic rings. The third-order valence-corrected chi connectivity index (χ3v) is 5.82. The van der Waals surface area contributed by atoms with E-state index in [1.54, 1.807) is 11.8 Å². The molecule has 3 rings (SSSR count). The van der Waals surface area contributed by atoms with Gasteiger partial charge in [-0.2, -0.15) is 0 Å². The van der Waals surface area contributed by atoms with Crippen LogP contribution in [0.15, 0.2) is 35.2 Å². The van der Waals surface area contributed by atoms with Crippen LogP contribution in [0.4, 0.5) is 0 Å². The Balaban J connectivity index is 1.40. The molecule has 0 spiro atoms. The van der Waals surface area contributed by atoms with E-state index in [-0.39, 0.29) is 23.7 Å². The third-order valence-electron chi connectivity index (χ3n) is 4.81. The molecule has 26 heavy (non-hydrogen) atoms. The van der Waals surface area contributed by atoms with E-state index < -0.39 is 0 Å². The first-order valence-corrected chi connectivity index (χ1v) is 10.3. The summed E-state index contributed by atoms with van der Waals surface area (Å²) in [7, 11) is 0. The second kappa shape index (κ2) is 9.94. The Morgan fingerprint density at radius 3 is 2.65 bits per heavy atom.